The number of hydrogen-bond acceptors (Lipinski definition) is 3. The summed E-state index contributed by atoms with van der Waals surface area (Å²) in [6, 6.07) is 4.64. The van der Waals surface area contributed by atoms with E-state index in [0.717, 1.165) is 5.56 Å². The molecule has 0 saturated heterocycles. The van der Waals surface area contributed by atoms with E-state index >= 15 is 0 Å². The van der Waals surface area contributed by atoms with Crippen molar-refractivity contribution < 1.29 is 19.8 Å². The maximum absolute atomic E-state index is 12.1. The second kappa shape index (κ2) is 5.08. The number of phenols is 1. The summed E-state index contributed by atoms with van der Waals surface area (Å²) in [7, 11) is 0. The van der Waals surface area contributed by atoms with Crippen LogP contribution in [0.5, 0.6) is 5.75 Å². The van der Waals surface area contributed by atoms with Crippen LogP contribution in [0.15, 0.2) is 24.4 Å². The molecule has 0 radical (unpaired) electrons. The number of anilines is 1. The predicted molar refractivity (Wildman–Crippen MR) is 73.3 cm³/mol. The third kappa shape index (κ3) is 2.49. The molecule has 1 heterocycles. The van der Waals surface area contributed by atoms with Crippen LogP contribution < -0.4 is 5.32 Å². The number of H-pyrrole nitrogens is 1. The first-order chi connectivity index (χ1) is 9.40. The molecule has 0 aliphatic rings. The Morgan fingerprint density at radius 3 is 2.55 bits per heavy atom. The molecule has 1 aromatic heterocycles. The Morgan fingerprint density at radius 1 is 1.25 bits per heavy atom. The van der Waals surface area contributed by atoms with E-state index in [1.807, 2.05) is 0 Å². The minimum atomic E-state index is -1.13. The molecule has 2 aromatic rings. The number of carboxylic acids is 1. The highest BCUT2D eigenvalue weighted by molar-refractivity contribution is 6.09. The van der Waals surface area contributed by atoms with Crippen molar-refractivity contribution in [2.24, 2.45) is 0 Å². The molecule has 1 amide bonds. The van der Waals surface area contributed by atoms with Crippen molar-refractivity contribution in [3.8, 4) is 5.75 Å². The highest BCUT2D eigenvalue weighted by atomic mass is 16.4. The highest BCUT2D eigenvalue weighted by Gasteiger charge is 2.19. The monoisotopic (exact) mass is 274 g/mol. The number of aromatic nitrogens is 1. The van der Waals surface area contributed by atoms with Crippen LogP contribution in [0.2, 0.25) is 0 Å². The fourth-order valence-corrected chi connectivity index (χ4v) is 1.92. The lowest BCUT2D eigenvalue weighted by molar-refractivity contribution is 0.0697. The molecule has 4 N–H and O–H groups in total. The number of aromatic amines is 1. The molecule has 0 fully saturated rings. The van der Waals surface area contributed by atoms with Crippen LogP contribution in [-0.2, 0) is 0 Å². The Hall–Kier alpha value is -2.76. The standard InChI is InChI=1S/C14H14N2O4/c1-7-3-4-9(11(17)5-7)13(18)16-10-6-15-8(2)12(10)14(19)20/h3-6,15,17H,1-2H3,(H,16,18)(H,19,20). The second-order valence-corrected chi connectivity index (χ2v) is 4.48. The van der Waals surface area contributed by atoms with E-state index in [0.29, 0.717) is 5.69 Å². The molecule has 0 aliphatic heterocycles. The molecule has 1 aromatic carbocycles. The summed E-state index contributed by atoms with van der Waals surface area (Å²) < 4.78 is 0. The Labute approximate surface area is 115 Å². The van der Waals surface area contributed by atoms with Crippen LogP contribution in [0, 0.1) is 13.8 Å². The molecular weight excluding hydrogens is 260 g/mol. The first kappa shape index (κ1) is 13.7. The minimum absolute atomic E-state index is 0.00458. The number of amides is 1. The summed E-state index contributed by atoms with van der Waals surface area (Å²) in [6.45, 7) is 3.39. The number of hydrogen-bond donors (Lipinski definition) is 4. The SMILES string of the molecule is Cc1ccc(C(=O)Nc2c[nH]c(C)c2C(=O)O)c(O)c1. The summed E-state index contributed by atoms with van der Waals surface area (Å²) in [5.74, 6) is -1.84. The summed E-state index contributed by atoms with van der Waals surface area (Å²) in [5.41, 5.74) is 1.53. The molecule has 0 spiro atoms. The molecule has 6 heteroatoms. The number of aromatic hydroxyl groups is 1. The molecule has 0 bridgehead atoms. The van der Waals surface area contributed by atoms with Gasteiger partial charge in [-0.2, -0.15) is 0 Å². The normalized spacial score (nSPS) is 10.3. The van der Waals surface area contributed by atoms with Crippen LogP contribution in [0.25, 0.3) is 0 Å². The van der Waals surface area contributed by atoms with Gasteiger partial charge in [0.25, 0.3) is 5.91 Å². The van der Waals surface area contributed by atoms with Gasteiger partial charge in [-0.05, 0) is 31.5 Å². The smallest absolute Gasteiger partial charge is 0.339 e. The van der Waals surface area contributed by atoms with Crippen molar-refractivity contribution in [2.75, 3.05) is 5.32 Å². The van der Waals surface area contributed by atoms with Gasteiger partial charge in [-0.3, -0.25) is 4.79 Å². The van der Waals surface area contributed by atoms with Gasteiger partial charge >= 0.3 is 5.97 Å². The number of aryl methyl sites for hydroxylation is 2. The van der Waals surface area contributed by atoms with Crippen molar-refractivity contribution in [1.82, 2.24) is 4.98 Å². The Morgan fingerprint density at radius 2 is 1.95 bits per heavy atom. The Balaban J connectivity index is 2.31. The zero-order chi connectivity index (χ0) is 14.9. The Kier molecular flexibility index (Phi) is 3.47. The summed E-state index contributed by atoms with van der Waals surface area (Å²) >= 11 is 0. The molecule has 0 aliphatic carbocycles. The van der Waals surface area contributed by atoms with E-state index in [2.05, 4.69) is 10.3 Å². The highest BCUT2D eigenvalue weighted by Crippen LogP contribution is 2.23. The molecule has 2 rings (SSSR count). The van der Waals surface area contributed by atoms with Gasteiger partial charge in [0.05, 0.1) is 11.3 Å². The second-order valence-electron chi connectivity index (χ2n) is 4.48. The number of carbonyl (C=O) groups excluding carboxylic acids is 1. The first-order valence-corrected chi connectivity index (χ1v) is 5.92. The number of aromatic carboxylic acids is 1. The van der Waals surface area contributed by atoms with E-state index in [-0.39, 0.29) is 22.6 Å². The maximum atomic E-state index is 12.1. The van der Waals surface area contributed by atoms with E-state index in [1.165, 1.54) is 18.3 Å². The van der Waals surface area contributed by atoms with Crippen LogP contribution in [0.3, 0.4) is 0 Å². The average Bonchev–Trinajstić information content (AvgIpc) is 2.70. The van der Waals surface area contributed by atoms with Gasteiger partial charge < -0.3 is 20.5 Å². The number of phenolic OH excluding ortho intramolecular Hbond substituents is 1. The van der Waals surface area contributed by atoms with Crippen molar-refractivity contribution >= 4 is 17.6 Å². The number of nitrogens with one attached hydrogen (secondary N) is 2. The summed E-state index contributed by atoms with van der Waals surface area (Å²) in [4.78, 5) is 25.9. The lowest BCUT2D eigenvalue weighted by Gasteiger charge is -2.07. The average molecular weight is 274 g/mol. The van der Waals surface area contributed by atoms with Crippen molar-refractivity contribution in [3.63, 3.8) is 0 Å². The largest absolute Gasteiger partial charge is 0.507 e. The molecular formula is C14H14N2O4. The number of carboxylic acid groups (broad SMARTS) is 1. The molecule has 104 valence electrons. The summed E-state index contributed by atoms with van der Waals surface area (Å²) in [6.07, 6.45) is 1.40. The van der Waals surface area contributed by atoms with Crippen LogP contribution >= 0.6 is 0 Å². The quantitative estimate of drug-likeness (QED) is 0.689. The predicted octanol–water partition coefficient (Wildman–Crippen LogP) is 2.29. The van der Waals surface area contributed by atoms with E-state index < -0.39 is 11.9 Å². The number of rotatable bonds is 3. The topological polar surface area (TPSA) is 102 Å². The van der Waals surface area contributed by atoms with Crippen LogP contribution in [0.4, 0.5) is 5.69 Å². The lowest BCUT2D eigenvalue weighted by atomic mass is 10.1. The van der Waals surface area contributed by atoms with E-state index in [9.17, 15) is 14.7 Å². The van der Waals surface area contributed by atoms with Crippen molar-refractivity contribution in [2.45, 2.75) is 13.8 Å². The minimum Gasteiger partial charge on any atom is -0.507 e. The van der Waals surface area contributed by atoms with Gasteiger partial charge in [-0.25, -0.2) is 4.79 Å². The Bertz CT molecular complexity index is 688. The van der Waals surface area contributed by atoms with Gasteiger partial charge in [0.15, 0.2) is 0 Å². The van der Waals surface area contributed by atoms with Crippen molar-refractivity contribution in [1.29, 1.82) is 0 Å². The van der Waals surface area contributed by atoms with Gasteiger partial charge in [0.2, 0.25) is 0 Å². The van der Waals surface area contributed by atoms with Gasteiger partial charge in [-0.1, -0.05) is 6.07 Å². The van der Waals surface area contributed by atoms with Gasteiger partial charge in [0, 0.05) is 11.9 Å². The fourth-order valence-electron chi connectivity index (χ4n) is 1.92. The maximum Gasteiger partial charge on any atom is 0.339 e. The lowest BCUT2D eigenvalue weighted by Crippen LogP contribution is -2.14. The molecule has 20 heavy (non-hydrogen) atoms. The van der Waals surface area contributed by atoms with Crippen LogP contribution in [0.1, 0.15) is 32.0 Å². The van der Waals surface area contributed by atoms with E-state index in [4.69, 9.17) is 5.11 Å². The molecule has 6 nitrogen and oxygen atoms in total. The number of benzene rings is 1. The van der Waals surface area contributed by atoms with E-state index in [1.54, 1.807) is 19.9 Å². The zero-order valence-electron chi connectivity index (χ0n) is 11.0. The third-order valence-corrected chi connectivity index (χ3v) is 2.94. The first-order valence-electron chi connectivity index (χ1n) is 5.92. The van der Waals surface area contributed by atoms with Crippen LogP contribution in [-0.4, -0.2) is 27.1 Å². The fraction of sp³-hybridized carbons (Fsp3) is 0.143. The molecule has 0 unspecified atom stereocenters. The third-order valence-electron chi connectivity index (χ3n) is 2.94. The van der Waals surface area contributed by atoms with Crippen molar-refractivity contribution in [3.05, 3.63) is 46.8 Å². The summed E-state index contributed by atoms with van der Waals surface area (Å²) in [5, 5.41) is 21.3. The molecule has 0 atom stereocenters. The molecule has 0 saturated carbocycles. The van der Waals surface area contributed by atoms with Gasteiger partial charge in [0.1, 0.15) is 11.3 Å². The number of carbonyl (C=O) groups is 2. The zero-order valence-corrected chi connectivity index (χ0v) is 11.0. The van der Waals surface area contributed by atoms with Gasteiger partial charge in [-0.15, -0.1) is 0 Å².